The summed E-state index contributed by atoms with van der Waals surface area (Å²) in [7, 11) is 1.91. The van der Waals surface area contributed by atoms with E-state index in [1.807, 2.05) is 31.5 Å². The van der Waals surface area contributed by atoms with Crippen LogP contribution in [0.1, 0.15) is 11.5 Å². The molecule has 2 heterocycles. The van der Waals surface area contributed by atoms with Crippen LogP contribution >= 0.6 is 11.8 Å². The zero-order chi connectivity index (χ0) is 12.4. The highest BCUT2D eigenvalue weighted by atomic mass is 32.2. The molecule has 0 fully saturated rings. The minimum Gasteiger partial charge on any atom is -0.309 e. The molecule has 0 bridgehead atoms. The van der Waals surface area contributed by atoms with Gasteiger partial charge in [0.25, 0.3) is 0 Å². The summed E-state index contributed by atoms with van der Waals surface area (Å²) in [5, 5.41) is 9.61. The second-order valence-corrected chi connectivity index (χ2v) is 4.49. The third kappa shape index (κ3) is 2.53. The van der Waals surface area contributed by atoms with E-state index in [2.05, 4.69) is 25.6 Å². The molecule has 0 aliphatic rings. The monoisotopic (exact) mass is 251 g/mol. The van der Waals surface area contributed by atoms with Gasteiger partial charge in [0.15, 0.2) is 5.16 Å². The molecule has 0 spiro atoms. The summed E-state index contributed by atoms with van der Waals surface area (Å²) < 4.78 is 1.90. The summed E-state index contributed by atoms with van der Waals surface area (Å²) >= 11 is 1.42. The highest BCUT2D eigenvalue weighted by Gasteiger charge is 2.09. The fraction of sp³-hybridized carbons (Fsp3) is 0.333. The van der Waals surface area contributed by atoms with Gasteiger partial charge in [0.05, 0.1) is 0 Å². The van der Waals surface area contributed by atoms with Crippen molar-refractivity contribution in [1.29, 1.82) is 0 Å². The average Bonchev–Trinajstić information content (AvgIpc) is 2.60. The molecule has 0 radical (unpaired) electrons. The summed E-state index contributed by atoms with van der Waals surface area (Å²) in [5.74, 6) is 6.55. The van der Waals surface area contributed by atoms with E-state index in [9.17, 15) is 0 Å². The van der Waals surface area contributed by atoms with Gasteiger partial charge < -0.3 is 4.57 Å². The van der Waals surface area contributed by atoms with Crippen LogP contribution in [-0.2, 0) is 7.05 Å². The molecule has 0 unspecified atom stereocenters. The lowest BCUT2D eigenvalue weighted by atomic mass is 10.5. The van der Waals surface area contributed by atoms with Gasteiger partial charge in [-0.15, -0.1) is 10.2 Å². The summed E-state index contributed by atoms with van der Waals surface area (Å²) in [6.45, 7) is 3.78. The van der Waals surface area contributed by atoms with Gasteiger partial charge in [-0.05, 0) is 31.7 Å². The maximum absolute atomic E-state index is 5.30. The van der Waals surface area contributed by atoms with Crippen LogP contribution in [0.4, 0.5) is 5.95 Å². The van der Waals surface area contributed by atoms with Crippen molar-refractivity contribution in [3.05, 3.63) is 17.6 Å². The van der Waals surface area contributed by atoms with E-state index in [0.717, 1.165) is 21.7 Å². The molecule has 0 aromatic carbocycles. The van der Waals surface area contributed by atoms with Crippen molar-refractivity contribution in [2.45, 2.75) is 24.0 Å². The van der Waals surface area contributed by atoms with Gasteiger partial charge >= 0.3 is 0 Å². The van der Waals surface area contributed by atoms with E-state index >= 15 is 0 Å². The normalized spacial score (nSPS) is 10.6. The number of anilines is 1. The lowest BCUT2D eigenvalue weighted by Crippen LogP contribution is -2.11. The Morgan fingerprint density at radius 2 is 2.06 bits per heavy atom. The second kappa shape index (κ2) is 4.68. The second-order valence-electron chi connectivity index (χ2n) is 3.51. The Bertz CT molecular complexity index is 536. The third-order valence-corrected chi connectivity index (χ3v) is 3.16. The average molecular weight is 251 g/mol. The molecule has 8 heteroatoms. The van der Waals surface area contributed by atoms with E-state index in [1.54, 1.807) is 0 Å². The first-order valence-corrected chi connectivity index (χ1v) is 5.78. The van der Waals surface area contributed by atoms with Crippen molar-refractivity contribution >= 4 is 17.7 Å². The number of aromatic nitrogens is 5. The summed E-state index contributed by atoms with van der Waals surface area (Å²) in [4.78, 5) is 8.35. The van der Waals surface area contributed by atoms with Crippen molar-refractivity contribution in [1.82, 2.24) is 24.7 Å². The zero-order valence-corrected chi connectivity index (χ0v) is 10.6. The lowest BCUT2D eigenvalue weighted by molar-refractivity contribution is 0.764. The molecule has 2 aromatic rings. The van der Waals surface area contributed by atoms with E-state index < -0.39 is 0 Å². The smallest absolute Gasteiger partial charge is 0.238 e. The molecule has 3 N–H and O–H groups in total. The van der Waals surface area contributed by atoms with Gasteiger partial charge in [-0.25, -0.2) is 15.8 Å². The molecule has 0 amide bonds. The Labute approximate surface area is 103 Å². The number of nitrogen functional groups attached to an aromatic ring is 1. The van der Waals surface area contributed by atoms with Crippen molar-refractivity contribution in [2.24, 2.45) is 12.9 Å². The number of nitrogens with zero attached hydrogens (tertiary/aromatic N) is 5. The zero-order valence-electron chi connectivity index (χ0n) is 9.80. The van der Waals surface area contributed by atoms with Crippen LogP contribution in [0.3, 0.4) is 0 Å². The molecule has 17 heavy (non-hydrogen) atoms. The molecule has 2 rings (SSSR count). The first kappa shape index (κ1) is 11.8. The maximum Gasteiger partial charge on any atom is 0.238 e. The standard InChI is InChI=1S/C9H13N7S/c1-5-4-7(12-8(11-5)13-10)17-9-15-14-6(2)16(9)3/h4H,10H2,1-3H3,(H,11,12,13). The highest BCUT2D eigenvalue weighted by molar-refractivity contribution is 7.99. The number of aryl methyl sites for hydroxylation is 2. The maximum atomic E-state index is 5.30. The van der Waals surface area contributed by atoms with E-state index in [0.29, 0.717) is 5.95 Å². The van der Waals surface area contributed by atoms with Crippen molar-refractivity contribution in [3.63, 3.8) is 0 Å². The number of nitrogens with two attached hydrogens (primary N) is 1. The molecular weight excluding hydrogens is 238 g/mol. The molecule has 0 aliphatic carbocycles. The van der Waals surface area contributed by atoms with Gasteiger partial charge in [-0.3, -0.25) is 5.43 Å². The Kier molecular flexibility index (Phi) is 3.25. The molecular formula is C9H13N7S. The summed E-state index contributed by atoms with van der Waals surface area (Å²) in [6.07, 6.45) is 0. The minimum absolute atomic E-state index is 0.395. The number of hydrazine groups is 1. The van der Waals surface area contributed by atoms with Gasteiger partial charge in [-0.1, -0.05) is 0 Å². The van der Waals surface area contributed by atoms with Crippen molar-refractivity contribution < 1.29 is 0 Å². The molecule has 0 saturated carbocycles. The van der Waals surface area contributed by atoms with Gasteiger partial charge in [0.2, 0.25) is 5.95 Å². The van der Waals surface area contributed by atoms with Crippen molar-refractivity contribution in [2.75, 3.05) is 5.43 Å². The molecule has 2 aromatic heterocycles. The van der Waals surface area contributed by atoms with Crippen LogP contribution in [0.5, 0.6) is 0 Å². The fourth-order valence-electron chi connectivity index (χ4n) is 1.23. The Hall–Kier alpha value is -1.67. The fourth-order valence-corrected chi connectivity index (χ4v) is 2.13. The van der Waals surface area contributed by atoms with Crippen molar-refractivity contribution in [3.8, 4) is 0 Å². The highest BCUT2D eigenvalue weighted by Crippen LogP contribution is 2.25. The largest absolute Gasteiger partial charge is 0.309 e. The van der Waals surface area contributed by atoms with E-state index in [1.165, 1.54) is 11.8 Å². The number of hydrogen-bond donors (Lipinski definition) is 2. The molecule has 7 nitrogen and oxygen atoms in total. The third-order valence-electron chi connectivity index (χ3n) is 2.21. The van der Waals surface area contributed by atoms with E-state index in [-0.39, 0.29) is 0 Å². The van der Waals surface area contributed by atoms with Gasteiger partial charge in [0.1, 0.15) is 10.9 Å². The number of hydrogen-bond acceptors (Lipinski definition) is 7. The predicted octanol–water partition coefficient (Wildman–Crippen LogP) is 0.659. The lowest BCUT2D eigenvalue weighted by Gasteiger charge is -2.04. The molecule has 90 valence electrons. The van der Waals surface area contributed by atoms with Crippen LogP contribution < -0.4 is 11.3 Å². The molecule has 0 saturated heterocycles. The SMILES string of the molecule is Cc1cc(Sc2nnc(C)n2C)nc(NN)n1. The van der Waals surface area contributed by atoms with E-state index in [4.69, 9.17) is 5.84 Å². The summed E-state index contributed by atoms with van der Waals surface area (Å²) in [5.41, 5.74) is 3.28. The minimum atomic E-state index is 0.395. The predicted molar refractivity (Wildman–Crippen MR) is 64.4 cm³/mol. The number of rotatable bonds is 3. The molecule has 0 aliphatic heterocycles. The number of nitrogens with one attached hydrogen (secondary N) is 1. The van der Waals surface area contributed by atoms with Crippen LogP contribution in [0.25, 0.3) is 0 Å². The molecule has 0 atom stereocenters. The Morgan fingerprint density at radius 1 is 1.29 bits per heavy atom. The quantitative estimate of drug-likeness (QED) is 0.470. The van der Waals surface area contributed by atoms with Crippen LogP contribution in [0.15, 0.2) is 16.2 Å². The van der Waals surface area contributed by atoms with Crippen LogP contribution in [0.2, 0.25) is 0 Å². The van der Waals surface area contributed by atoms with Crippen LogP contribution in [-0.4, -0.2) is 24.7 Å². The van der Waals surface area contributed by atoms with Crippen LogP contribution in [0, 0.1) is 13.8 Å². The van der Waals surface area contributed by atoms with Gasteiger partial charge in [0, 0.05) is 12.7 Å². The summed E-state index contributed by atoms with van der Waals surface area (Å²) in [6, 6.07) is 1.87. The Morgan fingerprint density at radius 3 is 2.65 bits per heavy atom. The first-order valence-electron chi connectivity index (χ1n) is 4.96. The Balaban J connectivity index is 2.29. The van der Waals surface area contributed by atoms with Gasteiger partial charge in [-0.2, -0.15) is 0 Å². The topological polar surface area (TPSA) is 94.5 Å². The first-order chi connectivity index (χ1) is 8.10.